The summed E-state index contributed by atoms with van der Waals surface area (Å²) < 4.78 is 7.09. The van der Waals surface area contributed by atoms with Crippen LogP contribution in [-0.4, -0.2) is 56.2 Å². The maximum Gasteiger partial charge on any atom is 0.238 e. The molecule has 0 aromatic heterocycles. The summed E-state index contributed by atoms with van der Waals surface area (Å²) in [5.41, 5.74) is 1.24. The first-order chi connectivity index (χ1) is 10.2. The number of benzene rings is 1. The predicted molar refractivity (Wildman–Crippen MR) is 84.6 cm³/mol. The average Bonchev–Trinajstić information content (AvgIpc) is 2.88. The third-order valence-corrected chi connectivity index (χ3v) is 4.60. The zero-order valence-corrected chi connectivity index (χ0v) is 13.6. The molecule has 1 amide bonds. The van der Waals surface area contributed by atoms with Crippen molar-refractivity contribution in [1.29, 1.82) is 0 Å². The number of carbonyl (C=O) groups is 1. The van der Waals surface area contributed by atoms with Crippen LogP contribution >= 0.6 is 15.9 Å². The van der Waals surface area contributed by atoms with Gasteiger partial charge in [-0.3, -0.25) is 9.69 Å². The first-order valence-corrected chi connectivity index (χ1v) is 8.08. The number of piperazine rings is 1. The molecule has 2 atom stereocenters. The Morgan fingerprint density at radius 3 is 3.24 bits per heavy atom. The molecule has 5 nitrogen and oxygen atoms in total. The van der Waals surface area contributed by atoms with Crippen LogP contribution in [0.15, 0.2) is 22.7 Å². The predicted octanol–water partition coefficient (Wildman–Crippen LogP) is 0.772. The van der Waals surface area contributed by atoms with Crippen molar-refractivity contribution in [2.45, 2.75) is 18.6 Å². The quantitative estimate of drug-likeness (QED) is 0.842. The lowest BCUT2D eigenvalue weighted by atomic mass is 10.1. The van der Waals surface area contributed by atoms with Crippen molar-refractivity contribution >= 4 is 21.8 Å². The highest BCUT2D eigenvalue weighted by Gasteiger charge is 2.32. The first kappa shape index (κ1) is 14.8. The molecule has 3 rings (SSSR count). The molecule has 2 heterocycles. The van der Waals surface area contributed by atoms with Gasteiger partial charge in [0.05, 0.1) is 0 Å². The number of hydrogen-bond donors (Lipinski definition) is 2. The minimum absolute atomic E-state index is 0.0699. The molecule has 2 aliphatic heterocycles. The zero-order valence-electron chi connectivity index (χ0n) is 12.1. The van der Waals surface area contributed by atoms with Crippen molar-refractivity contribution in [3.8, 4) is 5.75 Å². The Kier molecular flexibility index (Phi) is 4.47. The summed E-state index contributed by atoms with van der Waals surface area (Å²) in [6.45, 7) is 3.27. The Balaban J connectivity index is 1.65. The molecule has 0 saturated carbocycles. The number of hydrogen-bond acceptors (Lipinski definition) is 4. The highest BCUT2D eigenvalue weighted by molar-refractivity contribution is 9.10. The van der Waals surface area contributed by atoms with Crippen LogP contribution in [-0.2, 0) is 11.2 Å². The maximum atomic E-state index is 12.0. The van der Waals surface area contributed by atoms with E-state index in [9.17, 15) is 4.79 Å². The van der Waals surface area contributed by atoms with E-state index in [0.717, 1.165) is 36.3 Å². The summed E-state index contributed by atoms with van der Waals surface area (Å²) in [7, 11) is 1.69. The second kappa shape index (κ2) is 6.34. The summed E-state index contributed by atoms with van der Waals surface area (Å²) in [4.78, 5) is 14.2. The van der Waals surface area contributed by atoms with Crippen molar-refractivity contribution in [3.63, 3.8) is 0 Å². The van der Waals surface area contributed by atoms with Gasteiger partial charge in [0.15, 0.2) is 0 Å². The summed E-state index contributed by atoms with van der Waals surface area (Å²) in [5.74, 6) is 1.04. The number of rotatable bonds is 3. The molecule has 1 fully saturated rings. The molecule has 1 saturated heterocycles. The summed E-state index contributed by atoms with van der Waals surface area (Å²) in [6, 6.07) is 6.01. The third-order valence-electron chi connectivity index (χ3n) is 4.11. The molecule has 2 unspecified atom stereocenters. The maximum absolute atomic E-state index is 12.0. The van der Waals surface area contributed by atoms with Gasteiger partial charge in [-0.1, -0.05) is 15.9 Å². The molecule has 2 N–H and O–H groups in total. The number of nitrogens with zero attached hydrogens (tertiary/aromatic N) is 1. The van der Waals surface area contributed by atoms with Crippen LogP contribution in [0.5, 0.6) is 5.75 Å². The lowest BCUT2D eigenvalue weighted by Gasteiger charge is -2.36. The van der Waals surface area contributed by atoms with Crippen molar-refractivity contribution in [2.75, 3.05) is 33.2 Å². The average molecular weight is 354 g/mol. The van der Waals surface area contributed by atoms with Crippen LogP contribution in [0.3, 0.4) is 0 Å². The molecule has 0 bridgehead atoms. The standard InChI is InChI=1S/C15H20BrN3O2/c1-17-15(20)13-8-18-4-5-19(13)9-12-7-10-6-11(16)2-3-14(10)21-12/h2-3,6,12-13,18H,4-5,7-9H2,1H3,(H,17,20). The Hall–Kier alpha value is -1.11. The minimum Gasteiger partial charge on any atom is -0.488 e. The van der Waals surface area contributed by atoms with Gasteiger partial charge in [-0.05, 0) is 23.8 Å². The normalized spacial score (nSPS) is 25.2. The van der Waals surface area contributed by atoms with E-state index in [1.165, 1.54) is 5.56 Å². The van der Waals surface area contributed by atoms with E-state index < -0.39 is 0 Å². The minimum atomic E-state index is -0.109. The molecular weight excluding hydrogens is 334 g/mol. The van der Waals surface area contributed by atoms with Gasteiger partial charge in [-0.15, -0.1) is 0 Å². The van der Waals surface area contributed by atoms with Gasteiger partial charge in [0.1, 0.15) is 17.9 Å². The molecule has 0 aliphatic carbocycles. The topological polar surface area (TPSA) is 53.6 Å². The number of carbonyl (C=O) groups excluding carboxylic acids is 1. The van der Waals surface area contributed by atoms with Crippen LogP contribution in [0.1, 0.15) is 5.56 Å². The molecule has 2 aliphatic rings. The van der Waals surface area contributed by atoms with Crippen molar-refractivity contribution in [3.05, 3.63) is 28.2 Å². The molecule has 0 radical (unpaired) electrons. The van der Waals surface area contributed by atoms with Gasteiger partial charge in [0.25, 0.3) is 0 Å². The molecular formula is C15H20BrN3O2. The van der Waals surface area contributed by atoms with E-state index in [1.807, 2.05) is 12.1 Å². The Morgan fingerprint density at radius 2 is 2.43 bits per heavy atom. The number of fused-ring (bicyclic) bond motifs is 1. The number of halogens is 1. The van der Waals surface area contributed by atoms with E-state index in [0.29, 0.717) is 6.54 Å². The lowest BCUT2D eigenvalue weighted by Crippen LogP contribution is -2.59. The molecule has 6 heteroatoms. The Morgan fingerprint density at radius 1 is 1.57 bits per heavy atom. The lowest BCUT2D eigenvalue weighted by molar-refractivity contribution is -0.126. The molecule has 1 aromatic carbocycles. The fourth-order valence-corrected chi connectivity index (χ4v) is 3.45. The molecule has 1 aromatic rings. The molecule has 114 valence electrons. The SMILES string of the molecule is CNC(=O)C1CNCCN1CC1Cc2cc(Br)ccc2O1. The van der Waals surface area contributed by atoms with E-state index >= 15 is 0 Å². The second-order valence-electron chi connectivity index (χ2n) is 5.53. The zero-order chi connectivity index (χ0) is 14.8. The van der Waals surface area contributed by atoms with Gasteiger partial charge in [0.2, 0.25) is 5.91 Å². The van der Waals surface area contributed by atoms with E-state index in [2.05, 4.69) is 37.5 Å². The number of ether oxygens (including phenoxy) is 1. The van der Waals surface area contributed by atoms with E-state index in [-0.39, 0.29) is 18.1 Å². The fraction of sp³-hybridized carbons (Fsp3) is 0.533. The Bertz CT molecular complexity index is 538. The third kappa shape index (κ3) is 3.22. The molecule has 21 heavy (non-hydrogen) atoms. The van der Waals surface area contributed by atoms with Crippen molar-refractivity contribution < 1.29 is 9.53 Å². The van der Waals surface area contributed by atoms with E-state index in [4.69, 9.17) is 4.74 Å². The van der Waals surface area contributed by atoms with Gasteiger partial charge in [0, 0.05) is 44.1 Å². The van der Waals surface area contributed by atoms with Gasteiger partial charge >= 0.3 is 0 Å². The summed E-state index contributed by atoms with van der Waals surface area (Å²) in [5, 5.41) is 6.03. The van der Waals surface area contributed by atoms with Crippen LogP contribution < -0.4 is 15.4 Å². The second-order valence-corrected chi connectivity index (χ2v) is 6.44. The van der Waals surface area contributed by atoms with Gasteiger partial charge < -0.3 is 15.4 Å². The monoisotopic (exact) mass is 353 g/mol. The first-order valence-electron chi connectivity index (χ1n) is 7.29. The van der Waals surface area contributed by atoms with Gasteiger partial charge in [-0.25, -0.2) is 0 Å². The van der Waals surface area contributed by atoms with Crippen LogP contribution in [0.25, 0.3) is 0 Å². The highest BCUT2D eigenvalue weighted by atomic mass is 79.9. The van der Waals surface area contributed by atoms with Crippen LogP contribution in [0.4, 0.5) is 0 Å². The fourth-order valence-electron chi connectivity index (χ4n) is 3.04. The number of likely N-dealkylation sites (N-methyl/N-ethyl adjacent to an activating group) is 1. The molecule has 0 spiro atoms. The van der Waals surface area contributed by atoms with Crippen molar-refractivity contribution in [2.24, 2.45) is 0 Å². The smallest absolute Gasteiger partial charge is 0.238 e. The van der Waals surface area contributed by atoms with Crippen LogP contribution in [0, 0.1) is 0 Å². The summed E-state index contributed by atoms with van der Waals surface area (Å²) >= 11 is 3.49. The Labute approximate surface area is 133 Å². The van der Waals surface area contributed by atoms with E-state index in [1.54, 1.807) is 7.05 Å². The summed E-state index contributed by atoms with van der Waals surface area (Å²) in [6.07, 6.45) is 1.03. The van der Waals surface area contributed by atoms with Crippen LogP contribution in [0.2, 0.25) is 0 Å². The number of nitrogens with one attached hydrogen (secondary N) is 2. The largest absolute Gasteiger partial charge is 0.488 e. The highest BCUT2D eigenvalue weighted by Crippen LogP contribution is 2.31. The van der Waals surface area contributed by atoms with Gasteiger partial charge in [-0.2, -0.15) is 0 Å². The number of amides is 1. The van der Waals surface area contributed by atoms with Crippen molar-refractivity contribution in [1.82, 2.24) is 15.5 Å².